The van der Waals surface area contributed by atoms with E-state index < -0.39 is 22.1 Å². The molecular formula is C11H14N4O5S. The van der Waals surface area contributed by atoms with Crippen molar-refractivity contribution < 1.29 is 22.2 Å². The summed E-state index contributed by atoms with van der Waals surface area (Å²) >= 11 is 0. The first-order chi connectivity index (χ1) is 9.85. The molecule has 1 aliphatic heterocycles. The van der Waals surface area contributed by atoms with Crippen LogP contribution in [0.15, 0.2) is 12.5 Å². The Bertz CT molecular complexity index is 660. The third-order valence-corrected chi connectivity index (χ3v) is 3.31. The highest BCUT2D eigenvalue weighted by atomic mass is 32.2. The first-order valence-electron chi connectivity index (χ1n) is 6.08. The highest BCUT2D eigenvalue weighted by Gasteiger charge is 2.27. The minimum Gasteiger partial charge on any atom is -0.358 e. The number of hydrogen-bond donors (Lipinski definition) is 2. The van der Waals surface area contributed by atoms with Crippen molar-refractivity contribution >= 4 is 27.8 Å². The van der Waals surface area contributed by atoms with Crippen LogP contribution < -0.4 is 10.6 Å². The number of hydrogen-bond acceptors (Lipinski definition) is 8. The zero-order chi connectivity index (χ0) is 15.5. The molecule has 0 aromatic carbocycles. The van der Waals surface area contributed by atoms with E-state index in [1.54, 1.807) is 0 Å². The average Bonchev–Trinajstić information content (AvgIpc) is 2.40. The van der Waals surface area contributed by atoms with Crippen LogP contribution in [0.2, 0.25) is 0 Å². The lowest BCUT2D eigenvalue weighted by molar-refractivity contribution is -0.133. The van der Waals surface area contributed by atoms with Crippen molar-refractivity contribution in [3.63, 3.8) is 0 Å². The molecule has 1 unspecified atom stereocenters. The van der Waals surface area contributed by atoms with Crippen molar-refractivity contribution in [2.45, 2.75) is 25.5 Å². The monoisotopic (exact) mass is 314 g/mol. The number of piperidine rings is 1. The van der Waals surface area contributed by atoms with E-state index in [1.807, 2.05) is 0 Å². The van der Waals surface area contributed by atoms with E-state index in [-0.39, 0.29) is 18.9 Å². The molecule has 2 rings (SSSR count). The topological polar surface area (TPSA) is 127 Å². The minimum absolute atomic E-state index is 0.226. The van der Waals surface area contributed by atoms with Crippen molar-refractivity contribution in [3.8, 4) is 0 Å². The Balaban J connectivity index is 2.09. The van der Waals surface area contributed by atoms with Gasteiger partial charge in [-0.25, -0.2) is 9.97 Å². The Labute approximate surface area is 121 Å². The molecule has 0 bridgehead atoms. The molecule has 0 aliphatic carbocycles. The zero-order valence-corrected chi connectivity index (χ0v) is 12.0. The molecule has 1 fully saturated rings. The number of imide groups is 1. The molecule has 2 N–H and O–H groups in total. The lowest BCUT2D eigenvalue weighted by Crippen LogP contribution is -2.47. The van der Waals surface area contributed by atoms with Gasteiger partial charge >= 0.3 is 0 Å². The second kappa shape index (κ2) is 6.14. The number of rotatable bonds is 5. The Morgan fingerprint density at radius 2 is 2.24 bits per heavy atom. The van der Waals surface area contributed by atoms with Gasteiger partial charge < -0.3 is 5.32 Å². The lowest BCUT2D eigenvalue weighted by Gasteiger charge is -2.23. The summed E-state index contributed by atoms with van der Waals surface area (Å²) in [5, 5.41) is 5.08. The van der Waals surface area contributed by atoms with E-state index in [1.165, 1.54) is 12.5 Å². The number of aromatic nitrogens is 2. The van der Waals surface area contributed by atoms with E-state index >= 15 is 0 Å². The van der Waals surface area contributed by atoms with Gasteiger partial charge in [-0.3, -0.25) is 19.1 Å². The largest absolute Gasteiger partial charge is 0.358 e. The molecule has 1 aliphatic rings. The van der Waals surface area contributed by atoms with Crippen LogP contribution in [-0.2, 0) is 30.5 Å². The summed E-state index contributed by atoms with van der Waals surface area (Å²) in [5.41, 5.74) is 0.396. The van der Waals surface area contributed by atoms with Crippen LogP contribution in [0.3, 0.4) is 0 Å². The molecule has 1 aromatic heterocycles. The van der Waals surface area contributed by atoms with E-state index in [0.717, 1.165) is 6.26 Å². The molecule has 9 nitrogen and oxygen atoms in total. The van der Waals surface area contributed by atoms with Crippen LogP contribution >= 0.6 is 0 Å². The Morgan fingerprint density at radius 1 is 1.48 bits per heavy atom. The maximum absolute atomic E-state index is 11.7. The number of amides is 2. The molecule has 2 amide bonds. The smallest absolute Gasteiger partial charge is 0.264 e. The van der Waals surface area contributed by atoms with Crippen LogP contribution in [0, 0.1) is 0 Å². The van der Waals surface area contributed by atoms with Crippen LogP contribution in [0.4, 0.5) is 5.82 Å². The maximum Gasteiger partial charge on any atom is 0.264 e. The van der Waals surface area contributed by atoms with Gasteiger partial charge in [-0.2, -0.15) is 8.42 Å². The van der Waals surface area contributed by atoms with Crippen LogP contribution in [0.25, 0.3) is 0 Å². The first-order valence-corrected chi connectivity index (χ1v) is 7.90. The molecule has 1 aromatic rings. The molecule has 0 radical (unpaired) electrons. The highest BCUT2D eigenvalue weighted by molar-refractivity contribution is 7.85. The summed E-state index contributed by atoms with van der Waals surface area (Å²) in [7, 11) is -3.60. The molecule has 2 heterocycles. The number of nitrogens with zero attached hydrogens (tertiary/aromatic N) is 2. The van der Waals surface area contributed by atoms with E-state index in [9.17, 15) is 18.0 Å². The third kappa shape index (κ3) is 4.46. The fourth-order valence-corrected chi connectivity index (χ4v) is 2.10. The van der Waals surface area contributed by atoms with Crippen molar-refractivity contribution in [2.24, 2.45) is 0 Å². The Kier molecular flexibility index (Phi) is 4.48. The zero-order valence-electron chi connectivity index (χ0n) is 11.2. The Morgan fingerprint density at radius 3 is 2.90 bits per heavy atom. The van der Waals surface area contributed by atoms with E-state index in [4.69, 9.17) is 0 Å². The molecule has 0 saturated carbocycles. The summed E-state index contributed by atoms with van der Waals surface area (Å²) in [4.78, 5) is 30.5. The molecule has 10 heteroatoms. The number of carbonyl (C=O) groups excluding carboxylic acids is 2. The highest BCUT2D eigenvalue weighted by Crippen LogP contribution is 2.16. The number of nitrogens with one attached hydrogen (secondary N) is 2. The van der Waals surface area contributed by atoms with Crippen molar-refractivity contribution in [1.29, 1.82) is 0 Å². The SMILES string of the molecule is CS(=O)(=O)OCc1cncnc1NC1CCC(=O)NC1=O. The standard InChI is InChI=1S/C11H14N4O5S/c1-21(18,19)20-5-7-4-12-6-13-10(7)14-8-2-3-9(16)15-11(8)17/h4,6,8H,2-3,5H2,1H3,(H,12,13,14)(H,15,16,17). The molecular weight excluding hydrogens is 300 g/mol. The quantitative estimate of drug-likeness (QED) is 0.532. The summed E-state index contributed by atoms with van der Waals surface area (Å²) in [5.74, 6) is -0.468. The summed E-state index contributed by atoms with van der Waals surface area (Å²) < 4.78 is 26.7. The van der Waals surface area contributed by atoms with Crippen molar-refractivity contribution in [1.82, 2.24) is 15.3 Å². The molecule has 21 heavy (non-hydrogen) atoms. The van der Waals surface area contributed by atoms with Gasteiger partial charge in [-0.1, -0.05) is 0 Å². The van der Waals surface area contributed by atoms with Gasteiger partial charge in [0.05, 0.1) is 12.9 Å². The predicted molar refractivity (Wildman–Crippen MR) is 71.5 cm³/mol. The predicted octanol–water partition coefficient (Wildman–Crippen LogP) is -0.830. The van der Waals surface area contributed by atoms with Gasteiger partial charge in [-0.15, -0.1) is 0 Å². The first kappa shape index (κ1) is 15.3. The summed E-state index contributed by atoms with van der Waals surface area (Å²) in [6.45, 7) is -0.241. The third-order valence-electron chi connectivity index (χ3n) is 2.77. The average molecular weight is 314 g/mol. The van der Waals surface area contributed by atoms with Gasteiger partial charge in [0.25, 0.3) is 10.1 Å². The second-order valence-corrected chi connectivity index (χ2v) is 6.15. The van der Waals surface area contributed by atoms with Crippen LogP contribution in [0.1, 0.15) is 18.4 Å². The fourth-order valence-electron chi connectivity index (χ4n) is 1.76. The molecule has 1 atom stereocenters. The van der Waals surface area contributed by atoms with Crippen molar-refractivity contribution in [3.05, 3.63) is 18.1 Å². The fraction of sp³-hybridized carbons (Fsp3) is 0.455. The van der Waals surface area contributed by atoms with E-state index in [2.05, 4.69) is 24.8 Å². The molecule has 1 saturated heterocycles. The van der Waals surface area contributed by atoms with Gasteiger partial charge in [0.15, 0.2) is 0 Å². The van der Waals surface area contributed by atoms with Gasteiger partial charge in [0.1, 0.15) is 18.2 Å². The molecule has 114 valence electrons. The second-order valence-electron chi connectivity index (χ2n) is 4.51. The summed E-state index contributed by atoms with van der Waals surface area (Å²) in [6, 6.07) is -0.616. The van der Waals surface area contributed by atoms with Crippen molar-refractivity contribution in [2.75, 3.05) is 11.6 Å². The maximum atomic E-state index is 11.7. The van der Waals surface area contributed by atoms with E-state index in [0.29, 0.717) is 17.8 Å². The lowest BCUT2D eigenvalue weighted by atomic mass is 10.1. The normalized spacial score (nSPS) is 19.2. The minimum atomic E-state index is -3.60. The van der Waals surface area contributed by atoms with Gasteiger partial charge in [-0.05, 0) is 6.42 Å². The number of carbonyl (C=O) groups is 2. The molecule has 0 spiro atoms. The van der Waals surface area contributed by atoms with Crippen LogP contribution in [-0.4, -0.2) is 42.5 Å². The summed E-state index contributed by atoms with van der Waals surface area (Å²) in [6.07, 6.45) is 4.15. The van der Waals surface area contributed by atoms with Gasteiger partial charge in [0.2, 0.25) is 11.8 Å². The van der Waals surface area contributed by atoms with Crippen LogP contribution in [0.5, 0.6) is 0 Å². The Hall–Kier alpha value is -2.07. The van der Waals surface area contributed by atoms with Gasteiger partial charge in [0, 0.05) is 18.2 Å². The number of anilines is 1.